The molecule has 0 bridgehead atoms. The maximum Gasteiger partial charge on any atom is 0.137 e. The van der Waals surface area contributed by atoms with Crippen molar-refractivity contribution in [2.75, 3.05) is 13.2 Å². The molecular formula is C13H18N2O. The van der Waals surface area contributed by atoms with Gasteiger partial charge in [-0.2, -0.15) is 5.26 Å². The van der Waals surface area contributed by atoms with Crippen molar-refractivity contribution in [3.05, 3.63) is 29.8 Å². The third-order valence-corrected chi connectivity index (χ3v) is 2.02. The van der Waals surface area contributed by atoms with Crippen LogP contribution < -0.4 is 10.1 Å². The van der Waals surface area contributed by atoms with Gasteiger partial charge in [0.1, 0.15) is 18.4 Å². The molecule has 0 atom stereocenters. The Balaban J connectivity index is 2.41. The van der Waals surface area contributed by atoms with E-state index in [4.69, 9.17) is 10.00 Å². The van der Waals surface area contributed by atoms with Gasteiger partial charge in [0.05, 0.1) is 5.56 Å². The third-order valence-electron chi connectivity index (χ3n) is 2.02. The largest absolute Gasteiger partial charge is 0.491 e. The van der Waals surface area contributed by atoms with E-state index in [1.807, 2.05) is 18.2 Å². The molecule has 0 aliphatic heterocycles. The van der Waals surface area contributed by atoms with Gasteiger partial charge in [-0.15, -0.1) is 0 Å². The second-order valence-corrected chi connectivity index (χ2v) is 4.63. The molecule has 3 heteroatoms. The van der Waals surface area contributed by atoms with Crippen molar-refractivity contribution < 1.29 is 4.74 Å². The Morgan fingerprint density at radius 2 is 2.00 bits per heavy atom. The molecule has 1 rings (SSSR count). The minimum Gasteiger partial charge on any atom is -0.491 e. The molecule has 0 heterocycles. The number of benzene rings is 1. The van der Waals surface area contributed by atoms with Crippen LogP contribution in [0.3, 0.4) is 0 Å². The van der Waals surface area contributed by atoms with Crippen LogP contribution >= 0.6 is 0 Å². The summed E-state index contributed by atoms with van der Waals surface area (Å²) in [5.74, 6) is 0.653. The first-order valence-electron chi connectivity index (χ1n) is 5.40. The molecule has 0 saturated carbocycles. The summed E-state index contributed by atoms with van der Waals surface area (Å²) in [6.07, 6.45) is 0. The van der Waals surface area contributed by atoms with Crippen LogP contribution in [0.15, 0.2) is 24.3 Å². The van der Waals surface area contributed by atoms with Gasteiger partial charge < -0.3 is 10.1 Å². The van der Waals surface area contributed by atoms with Crippen LogP contribution in [-0.4, -0.2) is 18.7 Å². The van der Waals surface area contributed by atoms with E-state index < -0.39 is 0 Å². The third kappa shape index (κ3) is 4.33. The highest BCUT2D eigenvalue weighted by molar-refractivity contribution is 5.42. The Morgan fingerprint density at radius 3 is 2.62 bits per heavy atom. The Kier molecular flexibility index (Phi) is 4.33. The van der Waals surface area contributed by atoms with Gasteiger partial charge in [0, 0.05) is 12.1 Å². The summed E-state index contributed by atoms with van der Waals surface area (Å²) < 4.78 is 5.54. The summed E-state index contributed by atoms with van der Waals surface area (Å²) in [5.41, 5.74) is 0.677. The van der Waals surface area contributed by atoms with Gasteiger partial charge in [0.15, 0.2) is 0 Å². The lowest BCUT2D eigenvalue weighted by Crippen LogP contribution is -2.38. The van der Waals surface area contributed by atoms with Gasteiger partial charge in [-0.25, -0.2) is 0 Å². The second kappa shape index (κ2) is 5.53. The van der Waals surface area contributed by atoms with Crippen LogP contribution in [0.25, 0.3) is 0 Å². The summed E-state index contributed by atoms with van der Waals surface area (Å²) in [6, 6.07) is 9.38. The second-order valence-electron chi connectivity index (χ2n) is 4.63. The average Bonchev–Trinajstić information content (AvgIpc) is 2.23. The van der Waals surface area contributed by atoms with Crippen LogP contribution in [-0.2, 0) is 0 Å². The SMILES string of the molecule is CC(C)(C)NCCOc1ccccc1C#N. The zero-order chi connectivity index (χ0) is 12.0. The summed E-state index contributed by atoms with van der Waals surface area (Å²) in [5, 5.41) is 12.2. The van der Waals surface area contributed by atoms with Crippen molar-refractivity contribution in [1.29, 1.82) is 5.26 Å². The van der Waals surface area contributed by atoms with E-state index in [2.05, 4.69) is 32.2 Å². The number of nitriles is 1. The zero-order valence-electron chi connectivity index (χ0n) is 10.1. The molecule has 1 aromatic carbocycles. The monoisotopic (exact) mass is 218 g/mol. The predicted octanol–water partition coefficient (Wildman–Crippen LogP) is 2.33. The lowest BCUT2D eigenvalue weighted by atomic mass is 10.1. The topological polar surface area (TPSA) is 45.0 Å². The summed E-state index contributed by atoms with van der Waals surface area (Å²) in [7, 11) is 0. The number of hydrogen-bond donors (Lipinski definition) is 1. The Labute approximate surface area is 97.0 Å². The molecule has 0 unspecified atom stereocenters. The molecule has 1 aromatic rings. The van der Waals surface area contributed by atoms with Gasteiger partial charge in [-0.05, 0) is 32.9 Å². The molecular weight excluding hydrogens is 200 g/mol. The van der Waals surface area contributed by atoms with Gasteiger partial charge in [0.2, 0.25) is 0 Å². The highest BCUT2D eigenvalue weighted by Crippen LogP contribution is 2.16. The molecule has 1 N–H and O–H groups in total. The van der Waals surface area contributed by atoms with E-state index in [1.165, 1.54) is 0 Å². The molecule has 0 fully saturated rings. The molecule has 0 aliphatic rings. The van der Waals surface area contributed by atoms with E-state index in [0.717, 1.165) is 6.54 Å². The van der Waals surface area contributed by atoms with E-state index in [0.29, 0.717) is 17.9 Å². The minimum atomic E-state index is 0.0953. The molecule has 0 saturated heterocycles. The lowest BCUT2D eigenvalue weighted by Gasteiger charge is -2.20. The Bertz CT molecular complexity index is 374. The maximum absolute atomic E-state index is 8.86. The van der Waals surface area contributed by atoms with Crippen molar-refractivity contribution in [3.63, 3.8) is 0 Å². The molecule has 0 aromatic heterocycles. The van der Waals surface area contributed by atoms with Crippen LogP contribution in [0.2, 0.25) is 0 Å². The number of rotatable bonds is 4. The predicted molar refractivity (Wildman–Crippen MR) is 64.4 cm³/mol. The van der Waals surface area contributed by atoms with Crippen molar-refractivity contribution in [2.45, 2.75) is 26.3 Å². The summed E-state index contributed by atoms with van der Waals surface area (Å²) in [4.78, 5) is 0. The number of nitrogens with one attached hydrogen (secondary N) is 1. The number of hydrogen-bond acceptors (Lipinski definition) is 3. The zero-order valence-corrected chi connectivity index (χ0v) is 10.1. The fourth-order valence-electron chi connectivity index (χ4n) is 1.27. The van der Waals surface area contributed by atoms with Crippen LogP contribution in [0.4, 0.5) is 0 Å². The minimum absolute atomic E-state index is 0.0953. The molecule has 0 radical (unpaired) electrons. The van der Waals surface area contributed by atoms with Crippen molar-refractivity contribution >= 4 is 0 Å². The quantitative estimate of drug-likeness (QED) is 0.789. The lowest BCUT2D eigenvalue weighted by molar-refractivity contribution is 0.290. The number of para-hydroxylation sites is 1. The first-order chi connectivity index (χ1) is 7.53. The standard InChI is InChI=1S/C13H18N2O/c1-13(2,3)15-8-9-16-12-7-5-4-6-11(12)10-14/h4-7,15H,8-9H2,1-3H3. The van der Waals surface area contributed by atoms with Gasteiger partial charge >= 0.3 is 0 Å². The number of ether oxygens (including phenoxy) is 1. The van der Waals surface area contributed by atoms with Gasteiger partial charge in [-0.3, -0.25) is 0 Å². The van der Waals surface area contributed by atoms with Gasteiger partial charge in [-0.1, -0.05) is 12.1 Å². The van der Waals surface area contributed by atoms with Crippen molar-refractivity contribution in [3.8, 4) is 11.8 Å². The Hall–Kier alpha value is -1.53. The van der Waals surface area contributed by atoms with Crippen molar-refractivity contribution in [1.82, 2.24) is 5.32 Å². The molecule has 0 aliphatic carbocycles. The average molecular weight is 218 g/mol. The highest BCUT2D eigenvalue weighted by Gasteiger charge is 2.08. The van der Waals surface area contributed by atoms with E-state index in [-0.39, 0.29) is 5.54 Å². The van der Waals surface area contributed by atoms with Gasteiger partial charge in [0.25, 0.3) is 0 Å². The van der Waals surface area contributed by atoms with Crippen LogP contribution in [0.1, 0.15) is 26.3 Å². The molecule has 0 spiro atoms. The highest BCUT2D eigenvalue weighted by atomic mass is 16.5. The fraction of sp³-hybridized carbons (Fsp3) is 0.462. The smallest absolute Gasteiger partial charge is 0.137 e. The first kappa shape index (κ1) is 12.5. The fourth-order valence-corrected chi connectivity index (χ4v) is 1.27. The first-order valence-corrected chi connectivity index (χ1v) is 5.40. The van der Waals surface area contributed by atoms with Crippen molar-refractivity contribution in [2.24, 2.45) is 0 Å². The van der Waals surface area contributed by atoms with E-state index >= 15 is 0 Å². The molecule has 0 amide bonds. The number of nitrogens with zero attached hydrogens (tertiary/aromatic N) is 1. The van der Waals surface area contributed by atoms with Crippen LogP contribution in [0.5, 0.6) is 5.75 Å². The summed E-state index contributed by atoms with van der Waals surface area (Å²) >= 11 is 0. The van der Waals surface area contributed by atoms with Crippen LogP contribution in [0, 0.1) is 11.3 Å². The molecule has 3 nitrogen and oxygen atoms in total. The molecule has 86 valence electrons. The maximum atomic E-state index is 8.86. The van der Waals surface area contributed by atoms with E-state index in [1.54, 1.807) is 6.07 Å². The van der Waals surface area contributed by atoms with E-state index in [9.17, 15) is 0 Å². The normalized spacial score (nSPS) is 10.9. The summed E-state index contributed by atoms with van der Waals surface area (Å²) in [6.45, 7) is 7.65. The molecule has 16 heavy (non-hydrogen) atoms. The Morgan fingerprint density at radius 1 is 1.31 bits per heavy atom.